The van der Waals surface area contributed by atoms with E-state index in [1.165, 1.54) is 36.4 Å². The van der Waals surface area contributed by atoms with Crippen LogP contribution in [-0.2, 0) is 0 Å². The first-order valence-electron chi connectivity index (χ1n) is 5.65. The number of hydrogen-bond donors (Lipinski definition) is 1. The molecular formula is C14H10ClF3N2. The molecule has 0 unspecified atom stereocenters. The summed E-state index contributed by atoms with van der Waals surface area (Å²) in [5, 5.41) is 0.0719. The third-order valence-corrected chi connectivity index (χ3v) is 2.86. The lowest BCUT2D eigenvalue weighted by molar-refractivity contribution is -0.0579. The molecule has 0 saturated carbocycles. The first-order chi connectivity index (χ1) is 9.39. The van der Waals surface area contributed by atoms with Gasteiger partial charge in [-0.05, 0) is 12.1 Å². The van der Waals surface area contributed by atoms with Crippen molar-refractivity contribution >= 4 is 28.7 Å². The van der Waals surface area contributed by atoms with Gasteiger partial charge >= 0.3 is 6.18 Å². The van der Waals surface area contributed by atoms with E-state index in [0.717, 1.165) is 0 Å². The van der Waals surface area contributed by atoms with Crippen molar-refractivity contribution in [1.29, 1.82) is 0 Å². The van der Waals surface area contributed by atoms with E-state index in [4.69, 9.17) is 17.3 Å². The second-order valence-electron chi connectivity index (χ2n) is 4.00. The van der Waals surface area contributed by atoms with Crippen LogP contribution in [-0.4, -0.2) is 11.9 Å². The van der Waals surface area contributed by atoms with Gasteiger partial charge in [0.15, 0.2) is 5.71 Å². The van der Waals surface area contributed by atoms with Crippen LogP contribution in [0.4, 0.5) is 24.5 Å². The molecule has 0 fully saturated rings. The zero-order valence-electron chi connectivity index (χ0n) is 10.2. The Morgan fingerprint density at radius 3 is 2.20 bits per heavy atom. The zero-order valence-corrected chi connectivity index (χ0v) is 10.9. The van der Waals surface area contributed by atoms with Gasteiger partial charge in [-0.3, -0.25) is 0 Å². The Labute approximate surface area is 118 Å². The van der Waals surface area contributed by atoms with Crippen LogP contribution < -0.4 is 5.73 Å². The third kappa shape index (κ3) is 3.11. The highest BCUT2D eigenvalue weighted by Crippen LogP contribution is 2.34. The summed E-state index contributed by atoms with van der Waals surface area (Å²) in [6.45, 7) is 0. The van der Waals surface area contributed by atoms with E-state index >= 15 is 0 Å². The van der Waals surface area contributed by atoms with E-state index in [1.807, 2.05) is 0 Å². The van der Waals surface area contributed by atoms with Crippen molar-refractivity contribution < 1.29 is 13.2 Å². The predicted octanol–water partition coefficient (Wildman–Crippen LogP) is 4.61. The molecule has 2 aromatic rings. The Morgan fingerprint density at radius 2 is 1.65 bits per heavy atom. The quantitative estimate of drug-likeness (QED) is 0.638. The summed E-state index contributed by atoms with van der Waals surface area (Å²) in [6.07, 6.45) is -4.60. The van der Waals surface area contributed by atoms with Crippen LogP contribution in [0.15, 0.2) is 53.5 Å². The topological polar surface area (TPSA) is 38.4 Å². The van der Waals surface area contributed by atoms with Gasteiger partial charge in [-0.1, -0.05) is 48.0 Å². The van der Waals surface area contributed by atoms with Crippen molar-refractivity contribution in [2.45, 2.75) is 6.18 Å². The lowest BCUT2D eigenvalue weighted by Gasteiger charge is -2.12. The fraction of sp³-hybridized carbons (Fsp3) is 0.0714. The number of hydrogen-bond acceptors (Lipinski definition) is 2. The fourth-order valence-corrected chi connectivity index (χ4v) is 1.87. The van der Waals surface area contributed by atoms with Crippen molar-refractivity contribution in [3.63, 3.8) is 0 Å². The van der Waals surface area contributed by atoms with Crippen LogP contribution in [0, 0.1) is 0 Å². The predicted molar refractivity (Wildman–Crippen MR) is 74.6 cm³/mol. The zero-order chi connectivity index (χ0) is 14.8. The van der Waals surface area contributed by atoms with Crippen LogP contribution in [0.5, 0.6) is 0 Å². The van der Waals surface area contributed by atoms with E-state index < -0.39 is 11.9 Å². The molecule has 20 heavy (non-hydrogen) atoms. The Hall–Kier alpha value is -2.01. The second-order valence-corrected chi connectivity index (χ2v) is 4.41. The first kappa shape index (κ1) is 14.4. The fourth-order valence-electron chi connectivity index (χ4n) is 1.65. The summed E-state index contributed by atoms with van der Waals surface area (Å²) in [4.78, 5) is 3.63. The van der Waals surface area contributed by atoms with Gasteiger partial charge in [-0.2, -0.15) is 13.2 Å². The molecule has 0 amide bonds. The number of para-hydroxylation sites is 1. The molecule has 2 N–H and O–H groups in total. The van der Waals surface area contributed by atoms with Crippen molar-refractivity contribution in [1.82, 2.24) is 0 Å². The maximum absolute atomic E-state index is 13.1. The molecule has 104 valence electrons. The maximum Gasteiger partial charge on any atom is 0.433 e. The maximum atomic E-state index is 13.1. The van der Waals surface area contributed by atoms with Crippen molar-refractivity contribution in [2.75, 3.05) is 5.73 Å². The summed E-state index contributed by atoms with van der Waals surface area (Å²) in [5.74, 6) is 0. The number of nitrogen functional groups attached to an aromatic ring is 1. The van der Waals surface area contributed by atoms with Gasteiger partial charge in [0.1, 0.15) is 5.69 Å². The van der Waals surface area contributed by atoms with E-state index in [2.05, 4.69) is 4.99 Å². The number of halogens is 4. The Morgan fingerprint density at radius 1 is 1.00 bits per heavy atom. The lowest BCUT2D eigenvalue weighted by atomic mass is 10.1. The number of rotatable bonds is 2. The minimum atomic E-state index is -4.60. The van der Waals surface area contributed by atoms with E-state index in [-0.39, 0.29) is 22.0 Å². The SMILES string of the molecule is Nc1cccc(Cl)c1N=C(c1ccccc1)C(F)(F)F. The minimum absolute atomic E-state index is 0.0423. The third-order valence-electron chi connectivity index (χ3n) is 2.56. The van der Waals surface area contributed by atoms with E-state index in [0.29, 0.717) is 0 Å². The monoisotopic (exact) mass is 298 g/mol. The van der Waals surface area contributed by atoms with Crippen LogP contribution >= 0.6 is 11.6 Å². The van der Waals surface area contributed by atoms with Crippen molar-refractivity contribution in [2.24, 2.45) is 4.99 Å². The summed E-state index contributed by atoms with van der Waals surface area (Å²) >= 11 is 5.86. The van der Waals surface area contributed by atoms with Crippen LogP contribution in [0.25, 0.3) is 0 Å². The van der Waals surface area contributed by atoms with E-state index in [1.54, 1.807) is 12.1 Å². The van der Waals surface area contributed by atoms with Gasteiger partial charge in [0.25, 0.3) is 0 Å². The van der Waals surface area contributed by atoms with Crippen LogP contribution in [0.2, 0.25) is 5.02 Å². The molecule has 0 saturated heterocycles. The smallest absolute Gasteiger partial charge is 0.397 e. The highest BCUT2D eigenvalue weighted by molar-refractivity contribution is 6.33. The second kappa shape index (κ2) is 5.54. The largest absolute Gasteiger partial charge is 0.433 e. The normalized spacial score (nSPS) is 12.5. The summed E-state index contributed by atoms with van der Waals surface area (Å²) in [5.41, 5.74) is 4.57. The highest BCUT2D eigenvalue weighted by Gasteiger charge is 2.37. The lowest BCUT2D eigenvalue weighted by Crippen LogP contribution is -2.23. The molecule has 0 aliphatic carbocycles. The number of aliphatic imine (C=N–C) groups is 1. The van der Waals surface area contributed by atoms with E-state index in [9.17, 15) is 13.2 Å². The number of nitrogens with two attached hydrogens (primary N) is 1. The first-order valence-corrected chi connectivity index (χ1v) is 6.02. The average molecular weight is 299 g/mol. The van der Waals surface area contributed by atoms with Gasteiger partial charge in [0.05, 0.1) is 10.7 Å². The molecule has 0 aromatic heterocycles. The molecule has 2 aromatic carbocycles. The van der Waals surface area contributed by atoms with Gasteiger partial charge in [-0.25, -0.2) is 4.99 Å². The minimum Gasteiger partial charge on any atom is -0.397 e. The Bertz CT molecular complexity index is 616. The van der Waals surface area contributed by atoms with Crippen molar-refractivity contribution in [3.05, 3.63) is 59.1 Å². The average Bonchev–Trinajstić information content (AvgIpc) is 2.38. The molecular weight excluding hydrogens is 289 g/mol. The standard InChI is InChI=1S/C14H10ClF3N2/c15-10-7-4-8-11(19)12(10)20-13(14(16,17)18)9-5-2-1-3-6-9/h1-8H,19H2. The van der Waals surface area contributed by atoms with Gasteiger partial charge in [0, 0.05) is 5.56 Å². The summed E-state index contributed by atoms with van der Waals surface area (Å²) in [7, 11) is 0. The van der Waals surface area contributed by atoms with Gasteiger partial charge in [0.2, 0.25) is 0 Å². The molecule has 0 atom stereocenters. The molecule has 0 bridgehead atoms. The Balaban J connectivity index is 2.62. The number of alkyl halides is 3. The number of benzene rings is 2. The molecule has 0 radical (unpaired) electrons. The molecule has 2 rings (SSSR count). The molecule has 2 nitrogen and oxygen atoms in total. The molecule has 0 aliphatic rings. The highest BCUT2D eigenvalue weighted by atomic mass is 35.5. The molecule has 0 spiro atoms. The molecule has 0 heterocycles. The van der Waals surface area contributed by atoms with Crippen LogP contribution in [0.3, 0.4) is 0 Å². The van der Waals surface area contributed by atoms with Gasteiger partial charge < -0.3 is 5.73 Å². The Kier molecular flexibility index (Phi) is 3.99. The summed E-state index contributed by atoms with van der Waals surface area (Å²) < 4.78 is 39.4. The molecule has 0 aliphatic heterocycles. The van der Waals surface area contributed by atoms with Gasteiger partial charge in [-0.15, -0.1) is 0 Å². The van der Waals surface area contributed by atoms with Crippen molar-refractivity contribution in [3.8, 4) is 0 Å². The molecule has 6 heteroatoms. The number of anilines is 1. The van der Waals surface area contributed by atoms with Crippen LogP contribution in [0.1, 0.15) is 5.56 Å². The number of nitrogens with zero attached hydrogens (tertiary/aromatic N) is 1. The summed E-state index contributed by atoms with van der Waals surface area (Å²) in [6, 6.07) is 11.7.